The van der Waals surface area contributed by atoms with Crippen molar-refractivity contribution in [3.63, 3.8) is 0 Å². The third-order valence-electron chi connectivity index (χ3n) is 2.67. The van der Waals surface area contributed by atoms with Gasteiger partial charge in [-0.15, -0.1) is 12.4 Å². The van der Waals surface area contributed by atoms with Crippen LogP contribution >= 0.6 is 12.4 Å². The van der Waals surface area contributed by atoms with E-state index >= 15 is 0 Å². The Bertz CT molecular complexity index is 229. The Labute approximate surface area is 104 Å². The highest BCUT2D eigenvalue weighted by atomic mass is 35.5. The summed E-state index contributed by atoms with van der Waals surface area (Å²) in [5, 5.41) is 0. The lowest BCUT2D eigenvalue weighted by atomic mass is 9.96. The van der Waals surface area contributed by atoms with E-state index in [-0.39, 0.29) is 29.8 Å². The van der Waals surface area contributed by atoms with Gasteiger partial charge in [-0.05, 0) is 33.2 Å². The molecule has 4 nitrogen and oxygen atoms in total. The smallest absolute Gasteiger partial charge is 0.309 e. The molecule has 0 aromatic heterocycles. The normalized spacial score (nSPS) is 22.4. The molecule has 16 heavy (non-hydrogen) atoms. The van der Waals surface area contributed by atoms with Crippen LogP contribution in [0.15, 0.2) is 0 Å². The van der Waals surface area contributed by atoms with E-state index in [0.29, 0.717) is 0 Å². The second kappa shape index (κ2) is 6.42. The number of nitrogens with zero attached hydrogens (tertiary/aromatic N) is 1. The number of nitrogens with two attached hydrogens (primary N) is 1. The Hall–Kier alpha value is -0.320. The lowest BCUT2D eigenvalue weighted by Crippen LogP contribution is -2.49. The van der Waals surface area contributed by atoms with Crippen molar-refractivity contribution in [2.24, 2.45) is 11.7 Å². The van der Waals surface area contributed by atoms with Gasteiger partial charge in [0.15, 0.2) is 0 Å². The third-order valence-corrected chi connectivity index (χ3v) is 2.67. The summed E-state index contributed by atoms with van der Waals surface area (Å²) in [7, 11) is 1.45. The number of rotatable bonds is 3. The fourth-order valence-electron chi connectivity index (χ4n) is 2.13. The maximum atomic E-state index is 11.4. The predicted octanol–water partition coefficient (Wildman–Crippen LogP) is 1.03. The molecule has 1 rings (SSSR count). The molecule has 0 aromatic carbocycles. The zero-order valence-corrected chi connectivity index (χ0v) is 11.2. The molecule has 5 heteroatoms. The van der Waals surface area contributed by atoms with Gasteiger partial charge >= 0.3 is 5.97 Å². The van der Waals surface area contributed by atoms with Gasteiger partial charge in [-0.1, -0.05) is 0 Å². The van der Waals surface area contributed by atoms with Gasteiger partial charge in [0.25, 0.3) is 0 Å². The standard InChI is InChI=1S/C11H22N2O2.ClH/c1-11(2,12)8-13-6-4-5-9(7-13)10(14)15-3;/h9H,4-8,12H2,1-3H3;1H. The van der Waals surface area contributed by atoms with Crippen LogP contribution in [0.4, 0.5) is 0 Å². The topological polar surface area (TPSA) is 55.6 Å². The van der Waals surface area contributed by atoms with E-state index in [1.807, 2.05) is 13.8 Å². The average molecular weight is 251 g/mol. The molecule has 0 amide bonds. The van der Waals surface area contributed by atoms with E-state index in [1.54, 1.807) is 0 Å². The van der Waals surface area contributed by atoms with Crippen LogP contribution in [0, 0.1) is 5.92 Å². The van der Waals surface area contributed by atoms with E-state index in [4.69, 9.17) is 10.5 Å². The highest BCUT2D eigenvalue weighted by molar-refractivity contribution is 5.85. The first-order chi connectivity index (χ1) is 6.92. The van der Waals surface area contributed by atoms with Gasteiger partial charge in [0.05, 0.1) is 13.0 Å². The minimum atomic E-state index is -0.196. The number of methoxy groups -OCH3 is 1. The Morgan fingerprint density at radius 3 is 2.69 bits per heavy atom. The molecule has 0 bridgehead atoms. The summed E-state index contributed by atoms with van der Waals surface area (Å²) < 4.78 is 4.77. The van der Waals surface area contributed by atoms with Crippen molar-refractivity contribution in [3.05, 3.63) is 0 Å². The molecule has 1 atom stereocenters. The number of esters is 1. The second-order valence-electron chi connectivity index (χ2n) is 5.09. The molecule has 0 saturated carbocycles. The highest BCUT2D eigenvalue weighted by Crippen LogP contribution is 2.18. The fraction of sp³-hybridized carbons (Fsp3) is 0.909. The number of hydrogen-bond donors (Lipinski definition) is 1. The summed E-state index contributed by atoms with van der Waals surface area (Å²) in [5.41, 5.74) is 5.77. The molecule has 0 aromatic rings. The molecule has 1 saturated heterocycles. The second-order valence-corrected chi connectivity index (χ2v) is 5.09. The maximum absolute atomic E-state index is 11.4. The van der Waals surface area contributed by atoms with E-state index in [1.165, 1.54) is 7.11 Å². The first-order valence-corrected chi connectivity index (χ1v) is 5.51. The summed E-state index contributed by atoms with van der Waals surface area (Å²) in [6.45, 7) is 6.67. The molecule has 1 aliphatic rings. The van der Waals surface area contributed by atoms with Gasteiger partial charge in [0.2, 0.25) is 0 Å². The first-order valence-electron chi connectivity index (χ1n) is 5.51. The molecular weight excluding hydrogens is 228 g/mol. The van der Waals surface area contributed by atoms with E-state index in [9.17, 15) is 4.79 Å². The van der Waals surface area contributed by atoms with Crippen molar-refractivity contribution >= 4 is 18.4 Å². The predicted molar refractivity (Wildman–Crippen MR) is 66.7 cm³/mol. The molecule has 0 spiro atoms. The minimum Gasteiger partial charge on any atom is -0.469 e. The molecular formula is C11H23ClN2O2. The summed E-state index contributed by atoms with van der Waals surface area (Å²) in [6.07, 6.45) is 1.99. The van der Waals surface area contributed by atoms with Crippen LogP contribution in [0.3, 0.4) is 0 Å². The number of hydrogen-bond acceptors (Lipinski definition) is 4. The van der Waals surface area contributed by atoms with Crippen LogP contribution in [0.2, 0.25) is 0 Å². The molecule has 0 radical (unpaired) electrons. The van der Waals surface area contributed by atoms with E-state index in [2.05, 4.69) is 4.90 Å². The quantitative estimate of drug-likeness (QED) is 0.761. The number of piperidine rings is 1. The molecule has 1 unspecified atom stereocenters. The van der Waals surface area contributed by atoms with Crippen LogP contribution < -0.4 is 5.73 Å². The Morgan fingerprint density at radius 1 is 1.56 bits per heavy atom. The van der Waals surface area contributed by atoms with E-state index < -0.39 is 0 Å². The molecule has 0 aliphatic carbocycles. The average Bonchev–Trinajstić information content (AvgIpc) is 2.14. The Balaban J connectivity index is 0.00000225. The number of halogens is 1. The van der Waals surface area contributed by atoms with Crippen LogP contribution in [-0.4, -0.2) is 43.2 Å². The van der Waals surface area contributed by atoms with Crippen LogP contribution in [0.5, 0.6) is 0 Å². The van der Waals surface area contributed by atoms with Crippen molar-refractivity contribution in [1.82, 2.24) is 4.90 Å². The van der Waals surface area contributed by atoms with Gasteiger partial charge < -0.3 is 15.4 Å². The largest absolute Gasteiger partial charge is 0.469 e. The van der Waals surface area contributed by atoms with Crippen molar-refractivity contribution in [2.45, 2.75) is 32.2 Å². The number of carbonyl (C=O) groups excluding carboxylic acids is 1. The maximum Gasteiger partial charge on any atom is 0.309 e. The zero-order chi connectivity index (χ0) is 11.5. The van der Waals surface area contributed by atoms with Crippen molar-refractivity contribution in [2.75, 3.05) is 26.7 Å². The van der Waals surface area contributed by atoms with Crippen LogP contribution in [-0.2, 0) is 9.53 Å². The van der Waals surface area contributed by atoms with Crippen LogP contribution in [0.25, 0.3) is 0 Å². The molecule has 96 valence electrons. The van der Waals surface area contributed by atoms with Gasteiger partial charge in [0, 0.05) is 18.6 Å². The summed E-state index contributed by atoms with van der Waals surface area (Å²) >= 11 is 0. The lowest BCUT2D eigenvalue weighted by molar-refractivity contribution is -0.147. The van der Waals surface area contributed by atoms with Crippen molar-refractivity contribution < 1.29 is 9.53 Å². The lowest BCUT2D eigenvalue weighted by Gasteiger charge is -2.35. The van der Waals surface area contributed by atoms with Gasteiger partial charge in [-0.25, -0.2) is 0 Å². The number of likely N-dealkylation sites (tertiary alicyclic amines) is 1. The SMILES string of the molecule is COC(=O)C1CCCN(CC(C)(C)N)C1.Cl. The van der Waals surface area contributed by atoms with Gasteiger partial charge in [-0.3, -0.25) is 4.79 Å². The molecule has 1 aliphatic heterocycles. The van der Waals surface area contributed by atoms with Crippen molar-refractivity contribution in [1.29, 1.82) is 0 Å². The number of carbonyl (C=O) groups is 1. The Morgan fingerprint density at radius 2 is 2.19 bits per heavy atom. The minimum absolute atomic E-state index is 0. The highest BCUT2D eigenvalue weighted by Gasteiger charge is 2.28. The fourth-order valence-corrected chi connectivity index (χ4v) is 2.13. The molecule has 2 N–H and O–H groups in total. The monoisotopic (exact) mass is 250 g/mol. The summed E-state index contributed by atoms with van der Waals surface area (Å²) in [6, 6.07) is 0. The Kier molecular flexibility index (Phi) is 6.30. The van der Waals surface area contributed by atoms with Gasteiger partial charge in [0.1, 0.15) is 0 Å². The zero-order valence-electron chi connectivity index (χ0n) is 10.4. The van der Waals surface area contributed by atoms with Crippen LogP contribution in [0.1, 0.15) is 26.7 Å². The number of ether oxygens (including phenoxy) is 1. The summed E-state index contributed by atoms with van der Waals surface area (Å²) in [5.74, 6) is -0.0550. The summed E-state index contributed by atoms with van der Waals surface area (Å²) in [4.78, 5) is 13.7. The first kappa shape index (κ1) is 15.7. The third kappa shape index (κ3) is 5.14. The van der Waals surface area contributed by atoms with E-state index in [0.717, 1.165) is 32.5 Å². The van der Waals surface area contributed by atoms with Crippen molar-refractivity contribution in [3.8, 4) is 0 Å². The molecule has 1 fully saturated rings. The molecule has 1 heterocycles. The van der Waals surface area contributed by atoms with Gasteiger partial charge in [-0.2, -0.15) is 0 Å².